The summed E-state index contributed by atoms with van der Waals surface area (Å²) < 4.78 is 10.5. The van der Waals surface area contributed by atoms with Crippen molar-refractivity contribution in [3.8, 4) is 11.5 Å². The molecule has 2 unspecified atom stereocenters. The largest absolute Gasteiger partial charge is 0.507 e. The molecule has 3 rings (SSSR count). The summed E-state index contributed by atoms with van der Waals surface area (Å²) in [4.78, 5) is 41.1. The molecule has 0 aromatic heterocycles. The summed E-state index contributed by atoms with van der Waals surface area (Å²) in [7, 11) is 1.55. The van der Waals surface area contributed by atoms with Gasteiger partial charge in [-0.1, -0.05) is 18.2 Å². The second-order valence-corrected chi connectivity index (χ2v) is 9.98. The van der Waals surface area contributed by atoms with Gasteiger partial charge in [0.15, 0.2) is 0 Å². The molecule has 36 heavy (non-hydrogen) atoms. The zero-order valence-corrected chi connectivity index (χ0v) is 21.6. The average Bonchev–Trinajstić information content (AvgIpc) is 3.63. The molecule has 1 aliphatic rings. The van der Waals surface area contributed by atoms with Gasteiger partial charge in [0.1, 0.15) is 29.2 Å². The van der Waals surface area contributed by atoms with Gasteiger partial charge in [-0.2, -0.15) is 0 Å². The second-order valence-electron chi connectivity index (χ2n) is 9.98. The first-order valence-electron chi connectivity index (χ1n) is 12.0. The van der Waals surface area contributed by atoms with E-state index in [-0.39, 0.29) is 11.8 Å². The summed E-state index contributed by atoms with van der Waals surface area (Å²) >= 11 is 0. The first kappa shape index (κ1) is 26.8. The van der Waals surface area contributed by atoms with Crippen molar-refractivity contribution >= 4 is 23.6 Å². The van der Waals surface area contributed by atoms with Crippen LogP contribution in [0.5, 0.6) is 11.5 Å². The number of phenols is 1. The molecule has 0 spiro atoms. The lowest BCUT2D eigenvalue weighted by Crippen LogP contribution is -2.52. The Bertz CT molecular complexity index is 1110. The first-order valence-corrected chi connectivity index (χ1v) is 12.0. The minimum atomic E-state index is -1.12. The number of methoxy groups -OCH3 is 1. The Morgan fingerprint density at radius 1 is 1.08 bits per heavy atom. The highest BCUT2D eigenvalue weighted by molar-refractivity contribution is 5.99. The van der Waals surface area contributed by atoms with Crippen molar-refractivity contribution in [2.75, 3.05) is 12.4 Å². The third kappa shape index (κ3) is 6.68. The maximum absolute atomic E-state index is 13.7. The lowest BCUT2D eigenvalue weighted by Gasteiger charge is -2.34. The summed E-state index contributed by atoms with van der Waals surface area (Å²) in [6.45, 7) is 8.48. The highest BCUT2D eigenvalue weighted by Gasteiger charge is 2.44. The molecule has 2 aromatic carbocycles. The number of phenolic OH excluding ortho intramolecular Hbond substituents is 1. The van der Waals surface area contributed by atoms with Crippen LogP contribution in [0.25, 0.3) is 0 Å². The summed E-state index contributed by atoms with van der Waals surface area (Å²) in [5.74, 6) is -0.346. The van der Waals surface area contributed by atoms with Gasteiger partial charge in [0.25, 0.3) is 5.91 Å². The summed E-state index contributed by atoms with van der Waals surface area (Å²) in [6, 6.07) is 9.64. The zero-order chi connectivity index (χ0) is 26.6. The average molecular weight is 498 g/mol. The zero-order valence-electron chi connectivity index (χ0n) is 21.6. The number of hydrogen-bond donors (Lipinski definition) is 3. The number of para-hydroxylation sites is 1. The van der Waals surface area contributed by atoms with E-state index in [2.05, 4.69) is 10.6 Å². The number of rotatable bonds is 8. The number of nitrogens with one attached hydrogen (secondary N) is 2. The quantitative estimate of drug-likeness (QED) is 0.501. The molecular weight excluding hydrogens is 462 g/mol. The van der Waals surface area contributed by atoms with Crippen LogP contribution in [0.1, 0.15) is 57.7 Å². The van der Waals surface area contributed by atoms with Crippen LogP contribution in [-0.2, 0) is 14.3 Å². The number of amides is 3. The molecule has 0 bridgehead atoms. The van der Waals surface area contributed by atoms with Crippen LogP contribution in [0.2, 0.25) is 0 Å². The number of hydrogen-bond acceptors (Lipinski definition) is 6. The van der Waals surface area contributed by atoms with Crippen molar-refractivity contribution in [3.05, 3.63) is 53.6 Å². The third-order valence-corrected chi connectivity index (χ3v) is 5.75. The highest BCUT2D eigenvalue weighted by atomic mass is 16.6. The van der Waals surface area contributed by atoms with Crippen molar-refractivity contribution in [3.63, 3.8) is 0 Å². The molecule has 3 amide bonds. The van der Waals surface area contributed by atoms with Gasteiger partial charge in [0.2, 0.25) is 5.91 Å². The lowest BCUT2D eigenvalue weighted by molar-refractivity contribution is -0.141. The maximum atomic E-state index is 13.7. The van der Waals surface area contributed by atoms with Crippen LogP contribution in [0.4, 0.5) is 10.5 Å². The molecule has 2 aromatic rings. The maximum Gasteiger partial charge on any atom is 0.408 e. The van der Waals surface area contributed by atoms with Crippen molar-refractivity contribution in [2.45, 2.75) is 71.2 Å². The van der Waals surface area contributed by atoms with Gasteiger partial charge in [-0.25, -0.2) is 4.79 Å². The van der Waals surface area contributed by atoms with E-state index in [4.69, 9.17) is 9.47 Å². The SMILES string of the molecule is COc1ccc(NC(=O)C(c2cccc(C)c2O)N(C(=O)C(C)NC(=O)OC(C)(C)C)C2CC2)cc1. The molecule has 194 valence electrons. The smallest absolute Gasteiger partial charge is 0.408 e. The van der Waals surface area contributed by atoms with E-state index in [1.54, 1.807) is 84.2 Å². The van der Waals surface area contributed by atoms with Gasteiger partial charge >= 0.3 is 6.09 Å². The van der Waals surface area contributed by atoms with E-state index in [1.165, 1.54) is 4.90 Å². The molecule has 9 heteroatoms. The fourth-order valence-electron chi connectivity index (χ4n) is 3.85. The van der Waals surface area contributed by atoms with Crippen LogP contribution in [0.15, 0.2) is 42.5 Å². The topological polar surface area (TPSA) is 117 Å². The number of alkyl carbamates (subject to hydrolysis) is 1. The molecule has 1 aliphatic carbocycles. The summed E-state index contributed by atoms with van der Waals surface area (Å²) in [5, 5.41) is 16.3. The van der Waals surface area contributed by atoms with Crippen LogP contribution < -0.4 is 15.4 Å². The summed E-state index contributed by atoms with van der Waals surface area (Å²) in [6.07, 6.45) is 0.699. The van der Waals surface area contributed by atoms with Crippen molar-refractivity contribution in [1.82, 2.24) is 10.2 Å². The molecule has 1 saturated carbocycles. The molecule has 3 N–H and O–H groups in total. The van der Waals surface area contributed by atoms with Gasteiger partial charge < -0.3 is 30.1 Å². The summed E-state index contributed by atoms with van der Waals surface area (Å²) in [5.41, 5.74) is 0.682. The normalized spacial score (nSPS) is 14.8. The predicted molar refractivity (Wildman–Crippen MR) is 136 cm³/mol. The molecule has 9 nitrogen and oxygen atoms in total. The van der Waals surface area contributed by atoms with E-state index in [0.717, 1.165) is 0 Å². The molecule has 2 atom stereocenters. The Labute approximate surface area is 211 Å². The Morgan fingerprint density at radius 3 is 2.28 bits per heavy atom. The Balaban J connectivity index is 1.94. The Morgan fingerprint density at radius 2 is 1.72 bits per heavy atom. The fraction of sp³-hybridized carbons (Fsp3) is 0.444. The molecule has 0 radical (unpaired) electrons. The number of carbonyl (C=O) groups excluding carboxylic acids is 3. The number of ether oxygens (including phenoxy) is 2. The Kier molecular flexibility index (Phi) is 8.12. The van der Waals surface area contributed by atoms with E-state index < -0.39 is 35.6 Å². The minimum Gasteiger partial charge on any atom is -0.507 e. The number of aromatic hydroxyl groups is 1. The van der Waals surface area contributed by atoms with Gasteiger partial charge in [-0.15, -0.1) is 0 Å². The number of carbonyl (C=O) groups is 3. The van der Waals surface area contributed by atoms with Crippen molar-refractivity contribution in [1.29, 1.82) is 0 Å². The standard InChI is InChI=1S/C27H35N3O6/c1-16-8-7-9-21(23(16)31)22(24(32)29-18-10-14-20(35-6)15-11-18)30(19-12-13-19)25(33)17(2)28-26(34)36-27(3,4)5/h7-11,14-15,17,19,22,31H,12-13H2,1-6H3,(H,28,34)(H,29,32). The van der Waals surface area contributed by atoms with Gasteiger partial charge in [-0.05, 0) is 77.3 Å². The van der Waals surface area contributed by atoms with Gasteiger partial charge in [0, 0.05) is 17.3 Å². The van der Waals surface area contributed by atoms with Crippen LogP contribution in [0.3, 0.4) is 0 Å². The second kappa shape index (κ2) is 10.9. The minimum absolute atomic E-state index is 0.0569. The lowest BCUT2D eigenvalue weighted by atomic mass is 9.99. The highest BCUT2D eigenvalue weighted by Crippen LogP contribution is 2.39. The van der Waals surface area contributed by atoms with E-state index in [1.807, 2.05) is 0 Å². The number of aryl methyl sites for hydroxylation is 1. The monoisotopic (exact) mass is 497 g/mol. The van der Waals surface area contributed by atoms with E-state index in [0.29, 0.717) is 35.4 Å². The van der Waals surface area contributed by atoms with Crippen LogP contribution in [-0.4, -0.2) is 52.7 Å². The van der Waals surface area contributed by atoms with Crippen molar-refractivity contribution < 1.29 is 29.0 Å². The van der Waals surface area contributed by atoms with E-state index >= 15 is 0 Å². The molecular formula is C27H35N3O6. The molecule has 1 fully saturated rings. The Hall–Kier alpha value is -3.75. The number of benzene rings is 2. The predicted octanol–water partition coefficient (Wildman–Crippen LogP) is 4.29. The van der Waals surface area contributed by atoms with Crippen LogP contribution in [0, 0.1) is 6.92 Å². The molecule has 0 saturated heterocycles. The van der Waals surface area contributed by atoms with Gasteiger partial charge in [0.05, 0.1) is 7.11 Å². The fourth-order valence-corrected chi connectivity index (χ4v) is 3.85. The number of nitrogens with zero attached hydrogens (tertiary/aromatic N) is 1. The van der Waals surface area contributed by atoms with Crippen LogP contribution >= 0.6 is 0 Å². The number of anilines is 1. The van der Waals surface area contributed by atoms with Gasteiger partial charge in [-0.3, -0.25) is 9.59 Å². The first-order chi connectivity index (χ1) is 16.9. The molecule has 0 aliphatic heterocycles. The third-order valence-electron chi connectivity index (χ3n) is 5.75. The van der Waals surface area contributed by atoms with Crippen molar-refractivity contribution in [2.24, 2.45) is 0 Å². The molecule has 0 heterocycles. The van der Waals surface area contributed by atoms with E-state index in [9.17, 15) is 19.5 Å².